The number of hydrogen-bond acceptors (Lipinski definition) is 3. The molecular formula is C8H17FNaO3S. The molecule has 0 N–H and O–H groups in total. The van der Waals surface area contributed by atoms with Gasteiger partial charge in [0.05, 0.1) is 19.0 Å². The van der Waals surface area contributed by atoms with Crippen molar-refractivity contribution in [2.24, 2.45) is 0 Å². The average Bonchev–Trinajstić information content (AvgIpc) is 2.05. The van der Waals surface area contributed by atoms with Gasteiger partial charge in [-0.1, -0.05) is 13.3 Å². The Morgan fingerprint density at radius 1 is 1.21 bits per heavy atom. The summed E-state index contributed by atoms with van der Waals surface area (Å²) in [6, 6.07) is 0. The van der Waals surface area contributed by atoms with Crippen molar-refractivity contribution in [3.63, 3.8) is 0 Å². The van der Waals surface area contributed by atoms with E-state index in [-0.39, 0.29) is 48.3 Å². The van der Waals surface area contributed by atoms with Crippen molar-refractivity contribution in [1.29, 1.82) is 0 Å². The molecule has 0 aromatic carbocycles. The molecule has 14 heavy (non-hydrogen) atoms. The van der Waals surface area contributed by atoms with Gasteiger partial charge in [0.15, 0.2) is 0 Å². The number of unbranched alkanes of at least 4 members (excludes halogenated alkanes) is 2. The van der Waals surface area contributed by atoms with E-state index in [1.165, 1.54) is 0 Å². The molecule has 0 aromatic rings. The number of alkyl halides is 1. The van der Waals surface area contributed by atoms with Gasteiger partial charge in [-0.25, -0.2) is 0 Å². The van der Waals surface area contributed by atoms with Gasteiger partial charge < -0.3 is 0 Å². The molecule has 0 heterocycles. The summed E-state index contributed by atoms with van der Waals surface area (Å²) in [7, 11) is -3.39. The van der Waals surface area contributed by atoms with Gasteiger partial charge in [-0.05, 0) is 19.3 Å². The smallest absolute Gasteiger partial charge is 0.267 e. The maximum Gasteiger partial charge on any atom is 0.267 e. The average molecular weight is 235 g/mol. The van der Waals surface area contributed by atoms with Crippen LogP contribution in [0.4, 0.5) is 4.39 Å². The molecule has 0 bridgehead atoms. The van der Waals surface area contributed by atoms with Crippen LogP contribution in [0.5, 0.6) is 0 Å². The molecule has 0 aliphatic rings. The maximum atomic E-state index is 11.6. The topological polar surface area (TPSA) is 43.4 Å². The Bertz CT molecular complexity index is 191. The van der Waals surface area contributed by atoms with E-state index in [4.69, 9.17) is 0 Å². The van der Waals surface area contributed by atoms with Gasteiger partial charge in [0.2, 0.25) is 0 Å². The second-order valence-electron chi connectivity index (χ2n) is 2.83. The van der Waals surface area contributed by atoms with Crippen molar-refractivity contribution in [3.8, 4) is 0 Å². The molecule has 3 nitrogen and oxygen atoms in total. The minimum Gasteiger partial charge on any atom is -0.270 e. The van der Waals surface area contributed by atoms with Crippen LogP contribution in [0.2, 0.25) is 0 Å². The second kappa shape index (κ2) is 10.4. The van der Waals surface area contributed by atoms with Crippen LogP contribution < -0.4 is 0 Å². The summed E-state index contributed by atoms with van der Waals surface area (Å²) in [5.41, 5.74) is 0. The van der Waals surface area contributed by atoms with Gasteiger partial charge in [-0.3, -0.25) is 8.57 Å². The summed E-state index contributed by atoms with van der Waals surface area (Å²) in [6.07, 6.45) is 2.27. The van der Waals surface area contributed by atoms with E-state index < -0.39 is 16.8 Å². The first-order chi connectivity index (χ1) is 6.12. The molecular weight excluding hydrogens is 218 g/mol. The van der Waals surface area contributed by atoms with Crippen molar-refractivity contribution in [3.05, 3.63) is 0 Å². The Balaban J connectivity index is 0. The summed E-state index contributed by atoms with van der Waals surface area (Å²) in [5.74, 6) is -0.0688. The van der Waals surface area contributed by atoms with Gasteiger partial charge in [0, 0.05) is 29.6 Å². The molecule has 0 amide bonds. The van der Waals surface area contributed by atoms with Crippen molar-refractivity contribution in [2.75, 3.05) is 19.0 Å². The molecule has 0 aliphatic carbocycles. The SMILES string of the molecule is CCCCOS(=O)(=O)CCCCF.[Na]. The second-order valence-corrected chi connectivity index (χ2v) is 4.59. The van der Waals surface area contributed by atoms with Crippen molar-refractivity contribution in [2.45, 2.75) is 32.6 Å². The van der Waals surface area contributed by atoms with Gasteiger partial charge in [0.25, 0.3) is 10.1 Å². The van der Waals surface area contributed by atoms with E-state index in [9.17, 15) is 12.8 Å². The van der Waals surface area contributed by atoms with E-state index >= 15 is 0 Å². The molecule has 0 aliphatic heterocycles. The normalized spacial score (nSPS) is 11.0. The Morgan fingerprint density at radius 3 is 2.36 bits per heavy atom. The molecule has 1 radical (unpaired) electrons. The van der Waals surface area contributed by atoms with Crippen LogP contribution in [0, 0.1) is 0 Å². The zero-order valence-electron chi connectivity index (χ0n) is 8.96. The van der Waals surface area contributed by atoms with E-state index in [0.717, 1.165) is 12.8 Å². The zero-order chi connectivity index (χ0) is 10.2. The Labute approximate surface area is 108 Å². The summed E-state index contributed by atoms with van der Waals surface area (Å²) < 4.78 is 38.4. The molecule has 0 atom stereocenters. The van der Waals surface area contributed by atoms with Gasteiger partial charge in [-0.2, -0.15) is 8.42 Å². The van der Waals surface area contributed by atoms with Crippen LogP contribution in [0.25, 0.3) is 0 Å². The van der Waals surface area contributed by atoms with Crippen LogP contribution in [0.15, 0.2) is 0 Å². The van der Waals surface area contributed by atoms with Gasteiger partial charge in [0.1, 0.15) is 0 Å². The summed E-state index contributed by atoms with van der Waals surface area (Å²) >= 11 is 0. The van der Waals surface area contributed by atoms with Crippen LogP contribution >= 0.6 is 0 Å². The van der Waals surface area contributed by atoms with E-state index in [1.54, 1.807) is 0 Å². The van der Waals surface area contributed by atoms with Crippen molar-refractivity contribution < 1.29 is 17.0 Å². The van der Waals surface area contributed by atoms with Crippen LogP contribution in [0.3, 0.4) is 0 Å². The molecule has 0 spiro atoms. The molecule has 0 saturated carbocycles. The fourth-order valence-electron chi connectivity index (χ4n) is 0.762. The molecule has 0 aromatic heterocycles. The van der Waals surface area contributed by atoms with Crippen molar-refractivity contribution in [1.82, 2.24) is 0 Å². The third-order valence-corrected chi connectivity index (χ3v) is 2.85. The largest absolute Gasteiger partial charge is 0.270 e. The predicted molar refractivity (Wildman–Crippen MR) is 55.6 cm³/mol. The first-order valence-corrected chi connectivity index (χ1v) is 6.13. The molecule has 6 heteroatoms. The van der Waals surface area contributed by atoms with E-state index in [2.05, 4.69) is 4.18 Å². The summed E-state index contributed by atoms with van der Waals surface area (Å²) in [4.78, 5) is 0. The van der Waals surface area contributed by atoms with E-state index in [0.29, 0.717) is 6.42 Å². The first kappa shape index (κ1) is 17.2. The Hall–Kier alpha value is 0.840. The summed E-state index contributed by atoms with van der Waals surface area (Å²) in [5, 5.41) is 0. The third kappa shape index (κ3) is 10.9. The predicted octanol–water partition coefficient (Wildman–Crippen LogP) is 1.50. The van der Waals surface area contributed by atoms with Gasteiger partial charge >= 0.3 is 0 Å². The fraction of sp³-hybridized carbons (Fsp3) is 1.00. The number of rotatable bonds is 8. The van der Waals surface area contributed by atoms with Crippen molar-refractivity contribution >= 4 is 39.7 Å². The summed E-state index contributed by atoms with van der Waals surface area (Å²) in [6.45, 7) is 1.73. The number of halogens is 1. The zero-order valence-corrected chi connectivity index (χ0v) is 11.8. The standard InChI is InChI=1S/C8H17FO3S.Na/c1-2-3-7-12-13(10,11)8-5-4-6-9;/h2-8H2,1H3;. The molecule has 0 fully saturated rings. The minimum absolute atomic E-state index is 0. The minimum atomic E-state index is -3.39. The fourth-order valence-corrected chi connectivity index (χ4v) is 1.81. The van der Waals surface area contributed by atoms with Crippen LogP contribution in [-0.2, 0) is 14.3 Å². The molecule has 0 unspecified atom stereocenters. The first-order valence-electron chi connectivity index (χ1n) is 4.55. The quantitative estimate of drug-likeness (QED) is 0.364. The Morgan fingerprint density at radius 2 is 1.86 bits per heavy atom. The molecule has 81 valence electrons. The third-order valence-electron chi connectivity index (χ3n) is 1.54. The monoisotopic (exact) mass is 235 g/mol. The Kier molecular flexibility index (Phi) is 12.8. The van der Waals surface area contributed by atoms with Crippen LogP contribution in [-0.4, -0.2) is 57.0 Å². The molecule has 0 saturated heterocycles. The number of hydrogen-bond donors (Lipinski definition) is 0. The van der Waals surface area contributed by atoms with E-state index in [1.807, 2.05) is 6.92 Å². The maximum absolute atomic E-state index is 11.6. The molecule has 0 rings (SSSR count). The van der Waals surface area contributed by atoms with Crippen LogP contribution in [0.1, 0.15) is 32.6 Å². The van der Waals surface area contributed by atoms with Gasteiger partial charge in [-0.15, -0.1) is 0 Å².